The van der Waals surface area contributed by atoms with Gasteiger partial charge in [0.25, 0.3) is 0 Å². The molecule has 2 heteroatoms. The molecular formula is C10H6N2. The molecule has 0 atom stereocenters. The predicted octanol–water partition coefficient (Wildman–Crippen LogP) is -0.611. The molecule has 0 rings (SSSR count). The highest BCUT2D eigenvalue weighted by atomic mass is 14.5. The van der Waals surface area contributed by atoms with Gasteiger partial charge in [0, 0.05) is 12.1 Å². The largest absolute Gasteiger partial charge is 0.359 e. The van der Waals surface area contributed by atoms with E-state index in [1.54, 1.807) is 0 Å². The maximum atomic E-state index is 5.10. The van der Waals surface area contributed by atoms with Gasteiger partial charge in [-0.3, -0.25) is 0 Å². The Morgan fingerprint density at radius 2 is 1.17 bits per heavy atom. The molecule has 0 unspecified atom stereocenters. The number of terminal acetylenes is 2. The van der Waals surface area contributed by atoms with Crippen LogP contribution in [0.2, 0.25) is 0 Å². The van der Waals surface area contributed by atoms with Crippen molar-refractivity contribution in [1.29, 1.82) is 0 Å². The first kappa shape index (κ1) is 9.58. The lowest BCUT2D eigenvalue weighted by atomic mass is 10.1. The van der Waals surface area contributed by atoms with Gasteiger partial charge in [0.05, 0.1) is 0 Å². The van der Waals surface area contributed by atoms with Gasteiger partial charge in [-0.15, -0.1) is 12.8 Å². The van der Waals surface area contributed by atoms with E-state index in [2.05, 4.69) is 35.8 Å². The van der Waals surface area contributed by atoms with Gasteiger partial charge >= 0.3 is 0 Å². The first-order valence-corrected chi connectivity index (χ1v) is 2.90. The van der Waals surface area contributed by atoms with Crippen LogP contribution < -0.4 is 11.5 Å². The maximum absolute atomic E-state index is 5.10. The zero-order valence-corrected chi connectivity index (χ0v) is 6.31. The topological polar surface area (TPSA) is 52.0 Å². The first-order chi connectivity index (χ1) is 5.79. The van der Waals surface area contributed by atoms with Crippen LogP contribution in [0.5, 0.6) is 0 Å². The Kier molecular flexibility index (Phi) is 4.29. The average molecular weight is 154 g/mol. The van der Waals surface area contributed by atoms with Crippen molar-refractivity contribution in [2.75, 3.05) is 0 Å². The van der Waals surface area contributed by atoms with Crippen molar-refractivity contribution >= 4 is 0 Å². The van der Waals surface area contributed by atoms with Crippen LogP contribution in [-0.4, -0.2) is 0 Å². The third-order valence-electron chi connectivity index (χ3n) is 0.933. The van der Waals surface area contributed by atoms with Gasteiger partial charge in [-0.25, -0.2) is 0 Å². The molecule has 0 aromatic rings. The molecule has 0 aliphatic heterocycles. The van der Waals surface area contributed by atoms with Gasteiger partial charge in [-0.05, 0) is 11.8 Å². The molecule has 0 saturated heterocycles. The van der Waals surface area contributed by atoms with Crippen LogP contribution in [0, 0.1) is 48.6 Å². The summed E-state index contributed by atoms with van der Waals surface area (Å²) in [5, 5.41) is 0. The fourth-order valence-electron chi connectivity index (χ4n) is 0.486. The third kappa shape index (κ3) is 2.45. The van der Waals surface area contributed by atoms with Gasteiger partial charge in [0.2, 0.25) is 0 Å². The minimum Gasteiger partial charge on any atom is -0.359 e. The molecular weight excluding hydrogens is 148 g/mol. The summed E-state index contributed by atoms with van der Waals surface area (Å²) in [4.78, 5) is 0. The number of hydrogen-bond donors (Lipinski definition) is 2. The van der Waals surface area contributed by atoms with Gasteiger partial charge in [0.15, 0.2) is 0 Å². The van der Waals surface area contributed by atoms with Gasteiger partial charge < -0.3 is 11.5 Å². The van der Waals surface area contributed by atoms with Crippen molar-refractivity contribution in [1.82, 2.24) is 0 Å². The van der Waals surface area contributed by atoms with Crippen LogP contribution in [0.3, 0.4) is 0 Å². The van der Waals surface area contributed by atoms with E-state index >= 15 is 0 Å². The Bertz CT molecular complexity index is 352. The van der Waals surface area contributed by atoms with E-state index in [9.17, 15) is 0 Å². The number of rotatable bonds is 0. The quantitative estimate of drug-likeness (QED) is 0.361. The summed E-state index contributed by atoms with van der Waals surface area (Å²) in [5.41, 5.74) is 10.5. The number of hydrogen-bond acceptors (Lipinski definition) is 2. The molecule has 0 fully saturated rings. The molecule has 4 N–H and O–H groups in total. The standard InChI is InChI=1S/C10H6N2/c1-3-9(5-7-11)10(4-2)6-8-12/h1-2H,11-12H2/b10-9+. The summed E-state index contributed by atoms with van der Waals surface area (Å²) < 4.78 is 0. The molecule has 0 aliphatic carbocycles. The average Bonchev–Trinajstić information content (AvgIpc) is 2.11. The minimum absolute atomic E-state index is 0.276. The van der Waals surface area contributed by atoms with E-state index in [0.717, 1.165) is 0 Å². The predicted molar refractivity (Wildman–Crippen MR) is 48.6 cm³/mol. The van der Waals surface area contributed by atoms with Crippen LogP contribution in [0.25, 0.3) is 0 Å². The Labute approximate surface area is 72.0 Å². The third-order valence-corrected chi connectivity index (χ3v) is 0.933. The molecule has 0 amide bonds. The highest BCUT2D eigenvalue weighted by Crippen LogP contribution is 1.98. The van der Waals surface area contributed by atoms with Gasteiger partial charge in [-0.1, -0.05) is 11.8 Å². The molecule has 0 aromatic heterocycles. The lowest BCUT2D eigenvalue weighted by molar-refractivity contribution is 1.68. The SMILES string of the molecule is C#C/C(C#CN)=C(/C#C)C#CN. The van der Waals surface area contributed by atoms with Crippen LogP contribution in [0.15, 0.2) is 11.1 Å². The molecule has 0 aromatic carbocycles. The smallest absolute Gasteiger partial charge is 0.100 e. The summed E-state index contributed by atoms with van der Waals surface area (Å²) >= 11 is 0. The van der Waals surface area contributed by atoms with Gasteiger partial charge in [0.1, 0.15) is 11.1 Å². The molecule has 0 bridgehead atoms. The van der Waals surface area contributed by atoms with Crippen molar-refractivity contribution in [3.05, 3.63) is 11.1 Å². The van der Waals surface area contributed by atoms with Crippen molar-refractivity contribution in [2.24, 2.45) is 11.5 Å². The van der Waals surface area contributed by atoms with Crippen LogP contribution in [0.4, 0.5) is 0 Å². The second-order valence-electron chi connectivity index (χ2n) is 1.58. The lowest BCUT2D eigenvalue weighted by Gasteiger charge is -1.87. The van der Waals surface area contributed by atoms with Crippen LogP contribution >= 0.6 is 0 Å². The summed E-state index contributed by atoms with van der Waals surface area (Å²) in [6.45, 7) is 0. The van der Waals surface area contributed by atoms with E-state index in [1.165, 1.54) is 0 Å². The fraction of sp³-hybridized carbons (Fsp3) is 0. The molecule has 12 heavy (non-hydrogen) atoms. The van der Waals surface area contributed by atoms with Crippen molar-refractivity contribution in [3.63, 3.8) is 0 Å². The van der Waals surface area contributed by atoms with Crippen LogP contribution in [-0.2, 0) is 0 Å². The van der Waals surface area contributed by atoms with E-state index in [1.807, 2.05) is 0 Å². The van der Waals surface area contributed by atoms with Crippen molar-refractivity contribution < 1.29 is 0 Å². The van der Waals surface area contributed by atoms with Crippen molar-refractivity contribution in [3.8, 4) is 48.6 Å². The first-order valence-electron chi connectivity index (χ1n) is 2.90. The summed E-state index contributed by atoms with van der Waals surface area (Å²) in [5.74, 6) is 9.41. The zero-order chi connectivity index (χ0) is 9.40. The Morgan fingerprint density at radius 1 is 0.833 bits per heavy atom. The summed E-state index contributed by atoms with van der Waals surface area (Å²) in [6, 6.07) is 4.27. The van der Waals surface area contributed by atoms with Crippen molar-refractivity contribution in [2.45, 2.75) is 0 Å². The second kappa shape index (κ2) is 5.37. The number of allylic oxidation sites excluding steroid dienone is 2. The highest BCUT2D eigenvalue weighted by molar-refractivity contribution is 5.58. The molecule has 0 aliphatic rings. The summed E-state index contributed by atoms with van der Waals surface area (Å²) in [7, 11) is 0. The normalized spacial score (nSPS) is 8.50. The van der Waals surface area contributed by atoms with E-state index < -0.39 is 0 Å². The molecule has 0 saturated carbocycles. The van der Waals surface area contributed by atoms with E-state index in [4.69, 9.17) is 24.3 Å². The molecule has 56 valence electrons. The molecule has 0 spiro atoms. The summed E-state index contributed by atoms with van der Waals surface area (Å²) in [6.07, 6.45) is 10.2. The minimum atomic E-state index is 0.276. The van der Waals surface area contributed by atoms with E-state index in [-0.39, 0.29) is 11.1 Å². The Morgan fingerprint density at radius 3 is 1.33 bits per heavy atom. The zero-order valence-electron chi connectivity index (χ0n) is 6.31. The molecule has 0 radical (unpaired) electrons. The van der Waals surface area contributed by atoms with E-state index in [0.29, 0.717) is 0 Å². The highest BCUT2D eigenvalue weighted by Gasteiger charge is 1.93. The lowest BCUT2D eigenvalue weighted by Crippen LogP contribution is -1.87. The molecule has 0 heterocycles. The molecule has 2 nitrogen and oxygen atoms in total. The maximum Gasteiger partial charge on any atom is 0.100 e. The Hall–Kier alpha value is -2.42. The second-order valence-corrected chi connectivity index (χ2v) is 1.58. The Balaban J connectivity index is 5.29. The van der Waals surface area contributed by atoms with Gasteiger partial charge in [-0.2, -0.15) is 0 Å². The number of nitrogens with two attached hydrogens (primary N) is 2. The van der Waals surface area contributed by atoms with Crippen LogP contribution in [0.1, 0.15) is 0 Å². The monoisotopic (exact) mass is 154 g/mol. The fourth-order valence-corrected chi connectivity index (χ4v) is 0.486.